The van der Waals surface area contributed by atoms with E-state index in [0.29, 0.717) is 6.54 Å². The van der Waals surface area contributed by atoms with Gasteiger partial charge in [-0.05, 0) is 31.5 Å². The molecule has 0 saturated carbocycles. The molecule has 4 nitrogen and oxygen atoms in total. The average molecular weight is 282 g/mol. The molecule has 0 spiro atoms. The Bertz CT molecular complexity index is 552. The maximum atomic E-state index is 4.58. The highest BCUT2D eigenvalue weighted by atomic mass is 15.2. The molecular formula is C17H22N4. The molecule has 0 aliphatic heterocycles. The van der Waals surface area contributed by atoms with Crippen LogP contribution >= 0.6 is 0 Å². The summed E-state index contributed by atoms with van der Waals surface area (Å²) in [4.78, 5) is 8.87. The summed E-state index contributed by atoms with van der Waals surface area (Å²) in [6, 6.07) is 16.4. The fourth-order valence-corrected chi connectivity index (χ4v) is 2.00. The molecule has 21 heavy (non-hydrogen) atoms. The van der Waals surface area contributed by atoms with Gasteiger partial charge < -0.3 is 10.6 Å². The van der Waals surface area contributed by atoms with E-state index in [9.17, 15) is 0 Å². The van der Waals surface area contributed by atoms with Crippen molar-refractivity contribution in [3.8, 4) is 0 Å². The summed E-state index contributed by atoms with van der Waals surface area (Å²) in [6.07, 6.45) is 1.79. The minimum atomic E-state index is 0.202. The quantitative estimate of drug-likeness (QED) is 0.655. The molecule has 0 radical (unpaired) electrons. The van der Waals surface area contributed by atoms with Crippen molar-refractivity contribution < 1.29 is 0 Å². The number of aromatic nitrogens is 1. The van der Waals surface area contributed by atoms with Crippen LogP contribution in [0.5, 0.6) is 0 Å². The molecule has 0 aliphatic carbocycles. The van der Waals surface area contributed by atoms with Gasteiger partial charge in [0.25, 0.3) is 0 Å². The Morgan fingerprint density at radius 3 is 2.57 bits per heavy atom. The highest BCUT2D eigenvalue weighted by molar-refractivity contribution is 5.80. The molecule has 0 fully saturated rings. The van der Waals surface area contributed by atoms with Crippen LogP contribution in [0.4, 0.5) is 0 Å². The van der Waals surface area contributed by atoms with Gasteiger partial charge in [0.15, 0.2) is 5.96 Å². The molecular weight excluding hydrogens is 260 g/mol. The van der Waals surface area contributed by atoms with E-state index in [2.05, 4.69) is 46.6 Å². The predicted molar refractivity (Wildman–Crippen MR) is 87.0 cm³/mol. The summed E-state index contributed by atoms with van der Waals surface area (Å²) in [6.45, 7) is 5.58. The first-order valence-corrected chi connectivity index (χ1v) is 7.29. The molecule has 1 aromatic carbocycles. The molecule has 2 aromatic rings. The van der Waals surface area contributed by atoms with Gasteiger partial charge in [-0.25, -0.2) is 4.99 Å². The third-order valence-electron chi connectivity index (χ3n) is 3.12. The van der Waals surface area contributed by atoms with Gasteiger partial charge in [-0.1, -0.05) is 36.4 Å². The number of guanidine groups is 1. The van der Waals surface area contributed by atoms with Crippen LogP contribution in [-0.2, 0) is 6.54 Å². The third kappa shape index (κ3) is 4.91. The SMILES string of the molecule is CCNC(=NCc1ccccn1)NC(C)c1ccccc1. The highest BCUT2D eigenvalue weighted by Crippen LogP contribution is 2.10. The van der Waals surface area contributed by atoms with Gasteiger partial charge in [0, 0.05) is 12.7 Å². The lowest BCUT2D eigenvalue weighted by Gasteiger charge is -2.18. The first kappa shape index (κ1) is 15.0. The van der Waals surface area contributed by atoms with Gasteiger partial charge in [-0.2, -0.15) is 0 Å². The molecule has 0 amide bonds. The molecule has 1 atom stereocenters. The largest absolute Gasteiger partial charge is 0.357 e. The van der Waals surface area contributed by atoms with Crippen molar-refractivity contribution >= 4 is 5.96 Å². The second-order valence-corrected chi connectivity index (χ2v) is 4.79. The molecule has 1 heterocycles. The number of rotatable bonds is 5. The van der Waals surface area contributed by atoms with Crippen LogP contribution in [-0.4, -0.2) is 17.5 Å². The normalized spacial score (nSPS) is 12.8. The third-order valence-corrected chi connectivity index (χ3v) is 3.12. The maximum Gasteiger partial charge on any atom is 0.192 e. The van der Waals surface area contributed by atoms with Crippen molar-refractivity contribution in [2.45, 2.75) is 26.4 Å². The van der Waals surface area contributed by atoms with Crippen molar-refractivity contribution in [2.24, 2.45) is 4.99 Å². The van der Waals surface area contributed by atoms with Gasteiger partial charge in [0.05, 0.1) is 18.3 Å². The summed E-state index contributed by atoms with van der Waals surface area (Å²) in [5, 5.41) is 6.68. The van der Waals surface area contributed by atoms with E-state index >= 15 is 0 Å². The molecule has 1 aromatic heterocycles. The minimum Gasteiger partial charge on any atom is -0.357 e. The second-order valence-electron chi connectivity index (χ2n) is 4.79. The van der Waals surface area contributed by atoms with Crippen LogP contribution < -0.4 is 10.6 Å². The van der Waals surface area contributed by atoms with Gasteiger partial charge in [0.1, 0.15) is 0 Å². The van der Waals surface area contributed by atoms with Crippen molar-refractivity contribution in [1.29, 1.82) is 0 Å². The maximum absolute atomic E-state index is 4.58. The summed E-state index contributed by atoms with van der Waals surface area (Å²) in [5.41, 5.74) is 2.20. The van der Waals surface area contributed by atoms with Crippen molar-refractivity contribution in [3.63, 3.8) is 0 Å². The van der Waals surface area contributed by atoms with E-state index in [1.54, 1.807) is 6.20 Å². The van der Waals surface area contributed by atoms with E-state index in [4.69, 9.17) is 0 Å². The molecule has 110 valence electrons. The Morgan fingerprint density at radius 2 is 1.90 bits per heavy atom. The average Bonchev–Trinajstić information content (AvgIpc) is 2.54. The number of hydrogen-bond acceptors (Lipinski definition) is 2. The lowest BCUT2D eigenvalue weighted by atomic mass is 10.1. The Kier molecular flexibility index (Phi) is 5.76. The van der Waals surface area contributed by atoms with Crippen LogP contribution in [0.2, 0.25) is 0 Å². The zero-order valence-corrected chi connectivity index (χ0v) is 12.6. The summed E-state index contributed by atoms with van der Waals surface area (Å²) in [5.74, 6) is 0.805. The van der Waals surface area contributed by atoms with Crippen molar-refractivity contribution in [3.05, 3.63) is 66.0 Å². The Hall–Kier alpha value is -2.36. The van der Waals surface area contributed by atoms with Crippen LogP contribution in [0.3, 0.4) is 0 Å². The van der Waals surface area contributed by atoms with Gasteiger partial charge in [0.2, 0.25) is 0 Å². The van der Waals surface area contributed by atoms with E-state index in [1.807, 2.05) is 36.4 Å². The first-order valence-electron chi connectivity index (χ1n) is 7.29. The number of aliphatic imine (C=N–C) groups is 1. The fourth-order valence-electron chi connectivity index (χ4n) is 2.00. The van der Waals surface area contributed by atoms with E-state index in [-0.39, 0.29) is 6.04 Å². The van der Waals surface area contributed by atoms with Crippen LogP contribution in [0.1, 0.15) is 31.1 Å². The zero-order chi connectivity index (χ0) is 14.9. The molecule has 2 rings (SSSR count). The van der Waals surface area contributed by atoms with E-state index in [0.717, 1.165) is 18.2 Å². The number of pyridine rings is 1. The van der Waals surface area contributed by atoms with Gasteiger partial charge in [-0.3, -0.25) is 4.98 Å². The fraction of sp³-hybridized carbons (Fsp3) is 0.294. The summed E-state index contributed by atoms with van der Waals surface area (Å²) < 4.78 is 0. The van der Waals surface area contributed by atoms with Crippen LogP contribution in [0.15, 0.2) is 59.7 Å². The molecule has 0 bridgehead atoms. The molecule has 4 heteroatoms. The molecule has 0 saturated heterocycles. The molecule has 1 unspecified atom stereocenters. The Morgan fingerprint density at radius 1 is 1.14 bits per heavy atom. The first-order chi connectivity index (χ1) is 10.3. The lowest BCUT2D eigenvalue weighted by Crippen LogP contribution is -2.38. The number of nitrogens with zero attached hydrogens (tertiary/aromatic N) is 2. The van der Waals surface area contributed by atoms with Crippen LogP contribution in [0.25, 0.3) is 0 Å². The van der Waals surface area contributed by atoms with Gasteiger partial charge >= 0.3 is 0 Å². The van der Waals surface area contributed by atoms with Crippen molar-refractivity contribution in [1.82, 2.24) is 15.6 Å². The number of hydrogen-bond donors (Lipinski definition) is 2. The lowest BCUT2D eigenvalue weighted by molar-refractivity contribution is 0.686. The molecule has 0 aliphatic rings. The smallest absolute Gasteiger partial charge is 0.192 e. The summed E-state index contributed by atoms with van der Waals surface area (Å²) in [7, 11) is 0. The monoisotopic (exact) mass is 282 g/mol. The minimum absolute atomic E-state index is 0.202. The number of nitrogens with one attached hydrogen (secondary N) is 2. The zero-order valence-electron chi connectivity index (χ0n) is 12.6. The van der Waals surface area contributed by atoms with Crippen LogP contribution in [0, 0.1) is 0 Å². The topological polar surface area (TPSA) is 49.3 Å². The Labute approximate surface area is 126 Å². The Balaban J connectivity index is 2.01. The standard InChI is InChI=1S/C17H22N4/c1-3-18-17(20-13-16-11-7-8-12-19-16)21-14(2)15-9-5-4-6-10-15/h4-12,14H,3,13H2,1-2H3,(H2,18,20,21). The van der Waals surface area contributed by atoms with Crippen molar-refractivity contribution in [2.75, 3.05) is 6.54 Å². The highest BCUT2D eigenvalue weighted by Gasteiger charge is 2.06. The van der Waals surface area contributed by atoms with Gasteiger partial charge in [-0.15, -0.1) is 0 Å². The molecule has 2 N–H and O–H groups in total. The van der Waals surface area contributed by atoms with E-state index in [1.165, 1.54) is 5.56 Å². The second kappa shape index (κ2) is 8.04. The number of benzene rings is 1. The predicted octanol–water partition coefficient (Wildman–Crippen LogP) is 2.90. The summed E-state index contributed by atoms with van der Waals surface area (Å²) >= 11 is 0. The van der Waals surface area contributed by atoms with E-state index < -0.39 is 0 Å².